The lowest BCUT2D eigenvalue weighted by Crippen LogP contribution is -2.47. The zero-order valence-electron chi connectivity index (χ0n) is 13.3. The van der Waals surface area contributed by atoms with Gasteiger partial charge in [0, 0.05) is 30.6 Å². The molecule has 1 amide bonds. The van der Waals surface area contributed by atoms with E-state index in [1.165, 1.54) is 12.8 Å². The van der Waals surface area contributed by atoms with E-state index in [-0.39, 0.29) is 5.91 Å². The van der Waals surface area contributed by atoms with E-state index in [1.54, 1.807) is 0 Å². The summed E-state index contributed by atoms with van der Waals surface area (Å²) in [6.45, 7) is 3.91. The number of likely N-dealkylation sites (tertiary alicyclic amines) is 2. The second-order valence-electron chi connectivity index (χ2n) is 6.51. The maximum atomic E-state index is 12.7. The number of hydrogen-bond donors (Lipinski definition) is 0. The summed E-state index contributed by atoms with van der Waals surface area (Å²) in [6.07, 6.45) is 5.80. The molecule has 0 radical (unpaired) electrons. The van der Waals surface area contributed by atoms with E-state index in [9.17, 15) is 4.79 Å². The summed E-state index contributed by atoms with van der Waals surface area (Å²) < 4.78 is 4.95. The van der Waals surface area contributed by atoms with Gasteiger partial charge in [-0.3, -0.25) is 4.79 Å². The van der Waals surface area contributed by atoms with Gasteiger partial charge in [-0.15, -0.1) is 0 Å². The Labute approximate surface area is 136 Å². The van der Waals surface area contributed by atoms with Crippen molar-refractivity contribution in [2.75, 3.05) is 20.1 Å². The van der Waals surface area contributed by atoms with Crippen LogP contribution in [0, 0.1) is 6.92 Å². The van der Waals surface area contributed by atoms with Crippen molar-refractivity contribution < 1.29 is 9.32 Å². The first-order valence-electron chi connectivity index (χ1n) is 8.18. The molecule has 0 unspecified atom stereocenters. The van der Waals surface area contributed by atoms with Crippen molar-refractivity contribution in [1.82, 2.24) is 15.0 Å². The summed E-state index contributed by atoms with van der Waals surface area (Å²) in [6, 6.07) is 0.923. The monoisotopic (exact) mass is 325 g/mol. The standard InChI is InChI=1S/C16H24ClN3O2/c1-11-12(16(17)22-18-11)7-8-15(21)20-10-4-6-14(20)13-5-3-9-19(13)2/h13-14H,3-10H2,1-2H3/t13-,14+/m0/s1. The fourth-order valence-corrected chi connectivity index (χ4v) is 4.21. The van der Waals surface area contributed by atoms with E-state index >= 15 is 0 Å². The second kappa shape index (κ2) is 6.59. The predicted molar refractivity (Wildman–Crippen MR) is 85.0 cm³/mol. The molecule has 0 saturated carbocycles. The summed E-state index contributed by atoms with van der Waals surface area (Å²) in [5.41, 5.74) is 1.65. The molecule has 0 aliphatic carbocycles. The van der Waals surface area contributed by atoms with Crippen LogP contribution in [-0.2, 0) is 11.2 Å². The molecule has 3 heterocycles. The van der Waals surface area contributed by atoms with Crippen LogP contribution < -0.4 is 0 Å². The highest BCUT2D eigenvalue weighted by Crippen LogP contribution is 2.30. The molecule has 1 aromatic rings. The van der Waals surface area contributed by atoms with E-state index in [2.05, 4.69) is 22.0 Å². The third-order valence-corrected chi connectivity index (χ3v) is 5.46. The van der Waals surface area contributed by atoms with Gasteiger partial charge in [-0.2, -0.15) is 0 Å². The Hall–Kier alpha value is -1.07. The molecular weight excluding hydrogens is 302 g/mol. The molecular formula is C16H24ClN3O2. The van der Waals surface area contributed by atoms with Gasteiger partial charge in [-0.25, -0.2) is 0 Å². The number of aryl methyl sites for hydroxylation is 1. The third-order valence-electron chi connectivity index (χ3n) is 5.17. The van der Waals surface area contributed by atoms with Crippen LogP contribution in [0.3, 0.4) is 0 Å². The lowest BCUT2D eigenvalue weighted by molar-refractivity contribution is -0.132. The average Bonchev–Trinajstić information content (AvgIpc) is 3.18. The van der Waals surface area contributed by atoms with Crippen molar-refractivity contribution in [3.05, 3.63) is 16.5 Å². The van der Waals surface area contributed by atoms with Gasteiger partial charge in [0.2, 0.25) is 11.1 Å². The molecule has 2 atom stereocenters. The van der Waals surface area contributed by atoms with Crippen LogP contribution in [0.1, 0.15) is 43.4 Å². The Bertz CT molecular complexity index is 526. The Kier molecular flexibility index (Phi) is 4.73. The third kappa shape index (κ3) is 3.01. The SMILES string of the molecule is Cc1noc(Cl)c1CCC(=O)N1CCC[C@@H]1[C@@H]1CCCN1C. The van der Waals surface area contributed by atoms with Crippen molar-refractivity contribution in [2.24, 2.45) is 0 Å². The average molecular weight is 326 g/mol. The minimum atomic E-state index is 0.236. The van der Waals surface area contributed by atoms with Gasteiger partial charge in [0.15, 0.2) is 0 Å². The Morgan fingerprint density at radius 3 is 2.68 bits per heavy atom. The fourth-order valence-electron chi connectivity index (χ4n) is 3.94. The summed E-state index contributed by atoms with van der Waals surface area (Å²) >= 11 is 5.98. The number of carbonyl (C=O) groups excluding carboxylic acids is 1. The zero-order valence-corrected chi connectivity index (χ0v) is 14.1. The topological polar surface area (TPSA) is 49.6 Å². The molecule has 2 saturated heterocycles. The van der Waals surface area contributed by atoms with Gasteiger partial charge in [0.05, 0.1) is 5.69 Å². The summed E-state index contributed by atoms with van der Waals surface area (Å²) in [4.78, 5) is 17.2. The number of amides is 1. The Morgan fingerprint density at radius 1 is 1.32 bits per heavy atom. The lowest BCUT2D eigenvalue weighted by atomic mass is 10.0. The number of rotatable bonds is 4. The molecule has 122 valence electrons. The van der Waals surface area contributed by atoms with Gasteiger partial charge in [0.25, 0.3) is 0 Å². The summed E-state index contributed by atoms with van der Waals surface area (Å²) in [7, 11) is 2.18. The minimum absolute atomic E-state index is 0.236. The number of halogens is 1. The van der Waals surface area contributed by atoms with Crippen molar-refractivity contribution in [2.45, 2.75) is 57.5 Å². The van der Waals surface area contributed by atoms with Gasteiger partial charge in [0.1, 0.15) is 0 Å². The first-order valence-corrected chi connectivity index (χ1v) is 8.56. The van der Waals surface area contributed by atoms with Gasteiger partial charge < -0.3 is 14.3 Å². The van der Waals surface area contributed by atoms with E-state index < -0.39 is 0 Å². The summed E-state index contributed by atoms with van der Waals surface area (Å²) in [5, 5.41) is 4.16. The predicted octanol–water partition coefficient (Wildman–Crippen LogP) is 2.65. The molecule has 0 aromatic carbocycles. The number of aromatic nitrogens is 1. The molecule has 3 rings (SSSR count). The largest absolute Gasteiger partial charge is 0.344 e. The smallest absolute Gasteiger partial charge is 0.229 e. The first-order chi connectivity index (χ1) is 10.6. The minimum Gasteiger partial charge on any atom is -0.344 e. The van der Waals surface area contributed by atoms with Crippen LogP contribution in [0.5, 0.6) is 0 Å². The quantitative estimate of drug-likeness (QED) is 0.854. The second-order valence-corrected chi connectivity index (χ2v) is 6.85. The number of nitrogens with zero attached hydrogens (tertiary/aromatic N) is 3. The molecule has 2 aliphatic heterocycles. The maximum Gasteiger partial charge on any atom is 0.229 e. The molecule has 1 aromatic heterocycles. The molecule has 0 spiro atoms. The molecule has 2 aliphatic rings. The maximum absolute atomic E-state index is 12.7. The fraction of sp³-hybridized carbons (Fsp3) is 0.750. The van der Waals surface area contributed by atoms with Gasteiger partial charge in [-0.05, 0) is 64.2 Å². The highest BCUT2D eigenvalue weighted by Gasteiger charge is 2.38. The lowest BCUT2D eigenvalue weighted by Gasteiger charge is -2.33. The normalized spacial score (nSPS) is 26.0. The number of carbonyl (C=O) groups is 1. The number of hydrogen-bond acceptors (Lipinski definition) is 4. The van der Waals surface area contributed by atoms with Gasteiger partial charge in [-0.1, -0.05) is 5.16 Å². The van der Waals surface area contributed by atoms with E-state index in [4.69, 9.17) is 16.1 Å². The molecule has 0 bridgehead atoms. The highest BCUT2D eigenvalue weighted by atomic mass is 35.5. The molecule has 5 nitrogen and oxygen atoms in total. The Balaban J connectivity index is 1.61. The zero-order chi connectivity index (χ0) is 15.7. The van der Waals surface area contributed by atoms with Crippen molar-refractivity contribution in [3.63, 3.8) is 0 Å². The molecule has 0 N–H and O–H groups in total. The van der Waals surface area contributed by atoms with Crippen molar-refractivity contribution in [3.8, 4) is 0 Å². The highest BCUT2D eigenvalue weighted by molar-refractivity contribution is 6.29. The van der Waals surface area contributed by atoms with Crippen LogP contribution >= 0.6 is 11.6 Å². The first kappa shape index (κ1) is 15.8. The summed E-state index contributed by atoms with van der Waals surface area (Å²) in [5.74, 6) is 0.236. The van der Waals surface area contributed by atoms with Crippen molar-refractivity contribution >= 4 is 17.5 Å². The van der Waals surface area contributed by atoms with Gasteiger partial charge >= 0.3 is 0 Å². The Morgan fingerprint density at radius 2 is 2.05 bits per heavy atom. The van der Waals surface area contributed by atoms with Crippen LogP contribution in [-0.4, -0.2) is 53.1 Å². The number of likely N-dealkylation sites (N-methyl/N-ethyl adjacent to an activating group) is 1. The molecule has 22 heavy (non-hydrogen) atoms. The van der Waals surface area contributed by atoms with E-state index in [0.717, 1.165) is 37.2 Å². The van der Waals surface area contributed by atoms with Crippen LogP contribution in [0.4, 0.5) is 0 Å². The molecule has 6 heteroatoms. The van der Waals surface area contributed by atoms with E-state index in [0.29, 0.717) is 30.1 Å². The van der Waals surface area contributed by atoms with Crippen LogP contribution in [0.2, 0.25) is 5.22 Å². The van der Waals surface area contributed by atoms with Crippen LogP contribution in [0.15, 0.2) is 4.52 Å². The van der Waals surface area contributed by atoms with Crippen molar-refractivity contribution in [1.29, 1.82) is 0 Å². The van der Waals surface area contributed by atoms with Crippen LogP contribution in [0.25, 0.3) is 0 Å². The molecule has 2 fully saturated rings. The van der Waals surface area contributed by atoms with E-state index in [1.807, 2.05) is 6.92 Å².